The van der Waals surface area contributed by atoms with Gasteiger partial charge in [0.1, 0.15) is 17.6 Å². The summed E-state index contributed by atoms with van der Waals surface area (Å²) in [7, 11) is 0. The van der Waals surface area contributed by atoms with E-state index in [0.717, 1.165) is 11.3 Å². The number of nitrogens with one attached hydrogen (secondary N) is 1. The Morgan fingerprint density at radius 2 is 1.95 bits per heavy atom. The van der Waals surface area contributed by atoms with Crippen molar-refractivity contribution in [2.75, 3.05) is 11.9 Å². The van der Waals surface area contributed by atoms with Crippen molar-refractivity contribution >= 4 is 17.3 Å². The molecule has 0 radical (unpaired) electrons. The maximum atomic E-state index is 13.3. The second-order valence-electron chi connectivity index (χ2n) is 4.07. The summed E-state index contributed by atoms with van der Waals surface area (Å²) >= 11 is 5.62. The summed E-state index contributed by atoms with van der Waals surface area (Å²) in [6.45, 7) is 0.517. The second-order valence-corrected chi connectivity index (χ2v) is 4.48. The fraction of sp³-hybridized carbons (Fsp3) is 0.133. The van der Waals surface area contributed by atoms with Gasteiger partial charge in [-0.2, -0.15) is 5.26 Å². The Kier molecular flexibility index (Phi) is 4.80. The highest BCUT2D eigenvalue weighted by molar-refractivity contribution is 6.30. The first-order chi connectivity index (χ1) is 9.69. The van der Waals surface area contributed by atoms with Gasteiger partial charge in [0.2, 0.25) is 0 Å². The summed E-state index contributed by atoms with van der Waals surface area (Å²) in [5.41, 5.74) is 1.68. The largest absolute Gasteiger partial charge is 0.479 e. The molecule has 102 valence electrons. The Labute approximate surface area is 121 Å². The van der Waals surface area contributed by atoms with Crippen LogP contribution in [0.1, 0.15) is 5.56 Å². The molecule has 0 saturated heterocycles. The van der Waals surface area contributed by atoms with Crippen molar-refractivity contribution in [1.82, 2.24) is 0 Å². The molecule has 0 aromatic heterocycles. The lowest BCUT2D eigenvalue weighted by Gasteiger charge is -2.08. The van der Waals surface area contributed by atoms with Crippen LogP contribution < -0.4 is 10.1 Å². The number of hydrogen-bond acceptors (Lipinski definition) is 3. The number of ether oxygens (including phenoxy) is 1. The Hall–Kier alpha value is -2.25. The first kappa shape index (κ1) is 14.2. The molecule has 0 heterocycles. The molecular weight excluding hydrogens is 279 g/mol. The summed E-state index contributed by atoms with van der Waals surface area (Å²) < 4.78 is 18.4. The molecule has 0 amide bonds. The third kappa shape index (κ3) is 3.87. The Morgan fingerprint density at radius 1 is 1.20 bits per heavy atom. The molecule has 0 aliphatic heterocycles. The van der Waals surface area contributed by atoms with Crippen LogP contribution in [0, 0.1) is 17.1 Å². The average molecular weight is 291 g/mol. The van der Waals surface area contributed by atoms with Gasteiger partial charge in [-0.3, -0.25) is 0 Å². The fourth-order valence-electron chi connectivity index (χ4n) is 1.64. The van der Waals surface area contributed by atoms with Crippen molar-refractivity contribution in [1.29, 1.82) is 5.26 Å². The van der Waals surface area contributed by atoms with E-state index in [4.69, 9.17) is 21.6 Å². The summed E-state index contributed by atoms with van der Waals surface area (Å²) in [6.07, 6.45) is 0. The molecule has 0 spiro atoms. The van der Waals surface area contributed by atoms with Gasteiger partial charge < -0.3 is 10.1 Å². The highest BCUT2D eigenvalue weighted by atomic mass is 35.5. The van der Waals surface area contributed by atoms with Crippen molar-refractivity contribution in [2.45, 2.75) is 6.54 Å². The number of halogens is 2. The Balaban J connectivity index is 1.93. The molecule has 0 aliphatic rings. The zero-order chi connectivity index (χ0) is 14.4. The van der Waals surface area contributed by atoms with Crippen molar-refractivity contribution in [3.05, 3.63) is 58.9 Å². The molecule has 0 fully saturated rings. The molecule has 2 aromatic rings. The summed E-state index contributed by atoms with van der Waals surface area (Å²) in [5.74, 6) is 0.209. The molecule has 0 aliphatic carbocycles. The number of hydrogen-bond donors (Lipinski definition) is 1. The van der Waals surface area contributed by atoms with Gasteiger partial charge in [0, 0.05) is 12.2 Å². The third-order valence-corrected chi connectivity index (χ3v) is 2.94. The van der Waals surface area contributed by atoms with Gasteiger partial charge in [-0.05, 0) is 42.0 Å². The summed E-state index contributed by atoms with van der Waals surface area (Å²) in [5, 5.41) is 11.7. The average Bonchev–Trinajstić information content (AvgIpc) is 2.47. The Morgan fingerprint density at radius 3 is 2.60 bits per heavy atom. The third-order valence-electron chi connectivity index (χ3n) is 2.64. The quantitative estimate of drug-likeness (QED) is 0.905. The zero-order valence-corrected chi connectivity index (χ0v) is 11.3. The molecule has 2 aromatic carbocycles. The number of benzene rings is 2. The second kappa shape index (κ2) is 6.78. The zero-order valence-electron chi connectivity index (χ0n) is 10.6. The highest BCUT2D eigenvalue weighted by Crippen LogP contribution is 2.18. The molecule has 0 bridgehead atoms. The first-order valence-electron chi connectivity index (χ1n) is 5.96. The van der Waals surface area contributed by atoms with Crippen LogP contribution in [0.3, 0.4) is 0 Å². The van der Waals surface area contributed by atoms with E-state index in [1.807, 2.05) is 18.2 Å². The normalized spacial score (nSPS) is 9.85. The molecule has 0 atom stereocenters. The van der Waals surface area contributed by atoms with Gasteiger partial charge in [0.25, 0.3) is 0 Å². The molecule has 3 nitrogen and oxygen atoms in total. The van der Waals surface area contributed by atoms with Crippen LogP contribution in [0.4, 0.5) is 10.1 Å². The van der Waals surface area contributed by atoms with E-state index in [1.54, 1.807) is 18.2 Å². The van der Waals surface area contributed by atoms with Crippen molar-refractivity contribution in [2.24, 2.45) is 0 Å². The number of nitrogens with zero attached hydrogens (tertiary/aromatic N) is 1. The maximum Gasteiger partial charge on any atom is 0.174 e. The number of nitriles is 1. The molecule has 0 saturated carbocycles. The van der Waals surface area contributed by atoms with E-state index in [-0.39, 0.29) is 11.6 Å². The van der Waals surface area contributed by atoms with Crippen LogP contribution in [0.15, 0.2) is 42.5 Å². The highest BCUT2D eigenvalue weighted by Gasteiger charge is 2.01. The van der Waals surface area contributed by atoms with E-state index in [9.17, 15) is 4.39 Å². The van der Waals surface area contributed by atoms with Crippen molar-refractivity contribution in [3.63, 3.8) is 0 Å². The van der Waals surface area contributed by atoms with E-state index < -0.39 is 5.82 Å². The Bertz CT molecular complexity index is 623. The van der Waals surface area contributed by atoms with Gasteiger partial charge >= 0.3 is 0 Å². The lowest BCUT2D eigenvalue weighted by Crippen LogP contribution is -2.00. The summed E-state index contributed by atoms with van der Waals surface area (Å²) in [4.78, 5) is 0. The van der Waals surface area contributed by atoms with Gasteiger partial charge in [-0.15, -0.1) is 0 Å². The van der Waals surface area contributed by atoms with Crippen LogP contribution in [0.5, 0.6) is 5.75 Å². The SMILES string of the molecule is N#CCOc1ccc(NCc2ccc(Cl)c(F)c2)cc1. The molecule has 2 rings (SSSR count). The monoisotopic (exact) mass is 290 g/mol. The molecular formula is C15H12ClFN2O. The standard InChI is InChI=1S/C15H12ClFN2O/c16-14-6-1-11(9-15(14)17)10-19-12-2-4-13(5-3-12)20-8-7-18/h1-6,9,19H,8,10H2. The minimum absolute atomic E-state index is 0.0246. The number of rotatable bonds is 5. The lowest BCUT2D eigenvalue weighted by atomic mass is 10.2. The van der Waals surface area contributed by atoms with Crippen LogP contribution in [-0.2, 0) is 6.54 Å². The predicted molar refractivity (Wildman–Crippen MR) is 76.3 cm³/mol. The van der Waals surface area contributed by atoms with Crippen molar-refractivity contribution in [3.8, 4) is 11.8 Å². The predicted octanol–water partition coefficient (Wildman–Crippen LogP) is 3.99. The van der Waals surface area contributed by atoms with Gasteiger partial charge in [0.05, 0.1) is 5.02 Å². The van der Waals surface area contributed by atoms with Crippen LogP contribution in [0.2, 0.25) is 5.02 Å². The van der Waals surface area contributed by atoms with Gasteiger partial charge in [-0.1, -0.05) is 17.7 Å². The first-order valence-corrected chi connectivity index (χ1v) is 6.34. The van der Waals surface area contributed by atoms with Crippen LogP contribution in [0.25, 0.3) is 0 Å². The molecule has 1 N–H and O–H groups in total. The summed E-state index contributed by atoms with van der Waals surface area (Å²) in [6, 6.07) is 13.8. The van der Waals surface area contributed by atoms with Gasteiger partial charge in [0.15, 0.2) is 6.61 Å². The fourth-order valence-corrected chi connectivity index (χ4v) is 1.76. The van der Waals surface area contributed by atoms with Crippen LogP contribution >= 0.6 is 11.6 Å². The molecule has 5 heteroatoms. The lowest BCUT2D eigenvalue weighted by molar-refractivity contribution is 0.368. The van der Waals surface area contributed by atoms with E-state index in [2.05, 4.69) is 5.32 Å². The minimum atomic E-state index is -0.425. The van der Waals surface area contributed by atoms with Crippen LogP contribution in [-0.4, -0.2) is 6.61 Å². The topological polar surface area (TPSA) is 45.0 Å². The molecule has 20 heavy (non-hydrogen) atoms. The van der Waals surface area contributed by atoms with Gasteiger partial charge in [-0.25, -0.2) is 4.39 Å². The number of anilines is 1. The van der Waals surface area contributed by atoms with E-state index in [0.29, 0.717) is 12.3 Å². The minimum Gasteiger partial charge on any atom is -0.479 e. The van der Waals surface area contributed by atoms with E-state index >= 15 is 0 Å². The maximum absolute atomic E-state index is 13.3. The van der Waals surface area contributed by atoms with Crippen molar-refractivity contribution < 1.29 is 9.13 Å². The smallest absolute Gasteiger partial charge is 0.174 e. The molecule has 0 unspecified atom stereocenters. The van der Waals surface area contributed by atoms with E-state index in [1.165, 1.54) is 12.1 Å².